The number of benzene rings is 2. The minimum Gasteiger partial charge on any atom is -0.458 e. The molecule has 27 heavy (non-hydrogen) atoms. The zero-order valence-corrected chi connectivity index (χ0v) is 17.2. The lowest BCUT2D eigenvalue weighted by Crippen LogP contribution is -2.45. The van der Waals surface area contributed by atoms with Gasteiger partial charge < -0.3 is 14.8 Å². The lowest BCUT2D eigenvalue weighted by Gasteiger charge is -2.24. The van der Waals surface area contributed by atoms with Crippen LogP contribution in [0.25, 0.3) is 0 Å². The van der Waals surface area contributed by atoms with E-state index in [2.05, 4.69) is 27.3 Å². The fraction of sp³-hybridized carbons (Fsp3) is 0.333. The zero-order valence-electron chi connectivity index (χ0n) is 15.6. The monoisotopic (exact) mass is 432 g/mol. The predicted molar refractivity (Wildman–Crippen MR) is 106 cm³/mol. The molecule has 1 radical (unpaired) electrons. The Morgan fingerprint density at radius 3 is 2.44 bits per heavy atom. The Morgan fingerprint density at radius 1 is 1.15 bits per heavy atom. The topological polar surface area (TPSA) is 64.6 Å². The third-order valence-corrected chi connectivity index (χ3v) is 3.95. The fourth-order valence-corrected chi connectivity index (χ4v) is 2.50. The first-order valence-corrected chi connectivity index (χ1v) is 9.38. The average Bonchev–Trinajstić information content (AvgIpc) is 2.60. The molecule has 0 saturated carbocycles. The molecule has 0 fully saturated rings. The summed E-state index contributed by atoms with van der Waals surface area (Å²) in [5.41, 5.74) is 0.981. The molecule has 1 amide bonds. The maximum atomic E-state index is 12.5. The standard InChI is InChI=1S/C21H23BrNO4/c1-21(2,3)27-19(24)18(13-15-9-11-17(22)12-10-15)23-20(25)26-14-16-7-5-4-6-8-16/h4-9,11-12,18H,13-14H2,1-3H3,(H,23,25). The number of nitrogens with one attached hydrogen (secondary N) is 1. The largest absolute Gasteiger partial charge is 0.458 e. The summed E-state index contributed by atoms with van der Waals surface area (Å²) in [6.07, 6.45) is -0.422. The van der Waals surface area contributed by atoms with Crippen LogP contribution in [-0.2, 0) is 27.3 Å². The highest BCUT2D eigenvalue weighted by Crippen LogP contribution is 2.14. The zero-order chi connectivity index (χ0) is 19.9. The maximum Gasteiger partial charge on any atom is 0.408 e. The number of hydrogen-bond donors (Lipinski definition) is 1. The fourth-order valence-electron chi connectivity index (χ4n) is 2.26. The van der Waals surface area contributed by atoms with Crippen molar-refractivity contribution in [3.63, 3.8) is 0 Å². The summed E-state index contributed by atoms with van der Waals surface area (Å²) >= 11 is 3.35. The van der Waals surface area contributed by atoms with Gasteiger partial charge in [0, 0.05) is 10.9 Å². The molecule has 0 spiro atoms. The number of halogens is 1. The Balaban J connectivity index is 2.02. The number of carbonyl (C=O) groups excluding carboxylic acids is 2. The second-order valence-electron chi connectivity index (χ2n) is 7.03. The Bertz CT molecular complexity index is 754. The van der Waals surface area contributed by atoms with Crippen LogP contribution in [0.4, 0.5) is 4.79 Å². The van der Waals surface area contributed by atoms with Gasteiger partial charge >= 0.3 is 12.1 Å². The van der Waals surface area contributed by atoms with E-state index >= 15 is 0 Å². The summed E-state index contributed by atoms with van der Waals surface area (Å²) in [7, 11) is 0. The SMILES string of the molecule is CC(C)(C)OC(=O)C(Cc1[c]cc(Br)cc1)NC(=O)OCc1ccccc1. The molecule has 0 saturated heterocycles. The minimum absolute atomic E-state index is 0.123. The van der Waals surface area contributed by atoms with Crippen molar-refractivity contribution in [2.75, 3.05) is 0 Å². The van der Waals surface area contributed by atoms with Crippen LogP contribution >= 0.6 is 15.9 Å². The van der Waals surface area contributed by atoms with E-state index in [9.17, 15) is 9.59 Å². The van der Waals surface area contributed by atoms with Gasteiger partial charge in [0.1, 0.15) is 18.2 Å². The van der Waals surface area contributed by atoms with Gasteiger partial charge in [0.25, 0.3) is 0 Å². The van der Waals surface area contributed by atoms with E-state index in [1.54, 1.807) is 26.8 Å². The first-order chi connectivity index (χ1) is 12.7. The molecular formula is C21H23BrNO4. The lowest BCUT2D eigenvalue weighted by molar-refractivity contribution is -0.157. The van der Waals surface area contributed by atoms with Crippen LogP contribution in [0, 0.1) is 6.07 Å². The molecule has 0 heterocycles. The maximum absolute atomic E-state index is 12.5. The van der Waals surface area contributed by atoms with E-state index in [1.165, 1.54) is 0 Å². The van der Waals surface area contributed by atoms with Crippen molar-refractivity contribution in [1.82, 2.24) is 5.32 Å². The van der Waals surface area contributed by atoms with Crippen molar-refractivity contribution in [1.29, 1.82) is 0 Å². The average molecular weight is 433 g/mol. The molecule has 2 aromatic carbocycles. The summed E-state index contributed by atoms with van der Waals surface area (Å²) in [4.78, 5) is 24.7. The van der Waals surface area contributed by atoms with Crippen LogP contribution in [0.5, 0.6) is 0 Å². The highest BCUT2D eigenvalue weighted by atomic mass is 79.9. The second-order valence-corrected chi connectivity index (χ2v) is 7.94. The van der Waals surface area contributed by atoms with Gasteiger partial charge in [0.15, 0.2) is 0 Å². The van der Waals surface area contributed by atoms with E-state index in [0.29, 0.717) is 0 Å². The van der Waals surface area contributed by atoms with E-state index in [4.69, 9.17) is 9.47 Å². The number of carbonyl (C=O) groups is 2. The number of rotatable bonds is 6. The molecule has 0 aliphatic rings. The number of esters is 1. The van der Waals surface area contributed by atoms with Crippen LogP contribution < -0.4 is 5.32 Å². The lowest BCUT2D eigenvalue weighted by atomic mass is 10.1. The normalized spacial score (nSPS) is 12.1. The van der Waals surface area contributed by atoms with E-state index < -0.39 is 23.7 Å². The third-order valence-electron chi connectivity index (χ3n) is 3.46. The first-order valence-electron chi connectivity index (χ1n) is 8.59. The van der Waals surface area contributed by atoms with E-state index in [0.717, 1.165) is 15.6 Å². The van der Waals surface area contributed by atoms with Crippen molar-refractivity contribution in [3.8, 4) is 0 Å². The number of amides is 1. The molecule has 0 aromatic heterocycles. The summed E-state index contributed by atoms with van der Waals surface area (Å²) < 4.78 is 11.5. The quantitative estimate of drug-likeness (QED) is 0.685. The Morgan fingerprint density at radius 2 is 1.85 bits per heavy atom. The highest BCUT2D eigenvalue weighted by Gasteiger charge is 2.27. The van der Waals surface area contributed by atoms with Crippen molar-refractivity contribution >= 4 is 28.0 Å². The van der Waals surface area contributed by atoms with Gasteiger partial charge in [-0.25, -0.2) is 9.59 Å². The molecule has 0 aliphatic heterocycles. The van der Waals surface area contributed by atoms with E-state index in [-0.39, 0.29) is 13.0 Å². The molecule has 1 N–H and O–H groups in total. The molecule has 143 valence electrons. The van der Waals surface area contributed by atoms with Gasteiger partial charge in [0.05, 0.1) is 0 Å². The van der Waals surface area contributed by atoms with Gasteiger partial charge in [0.2, 0.25) is 0 Å². The van der Waals surface area contributed by atoms with Gasteiger partial charge in [-0.15, -0.1) is 0 Å². The summed E-state index contributed by atoms with van der Waals surface area (Å²) in [5, 5.41) is 2.61. The molecule has 1 atom stereocenters. The van der Waals surface area contributed by atoms with Gasteiger partial charge in [-0.3, -0.25) is 0 Å². The summed E-state index contributed by atoms with van der Waals surface area (Å²) in [6.45, 7) is 5.46. The molecular weight excluding hydrogens is 410 g/mol. The smallest absolute Gasteiger partial charge is 0.408 e. The molecule has 6 heteroatoms. The van der Waals surface area contributed by atoms with Gasteiger partial charge in [-0.05, 0) is 50.1 Å². The Hall–Kier alpha value is -2.34. The van der Waals surface area contributed by atoms with Crippen molar-refractivity contribution in [2.45, 2.75) is 45.4 Å². The van der Waals surface area contributed by atoms with Crippen molar-refractivity contribution < 1.29 is 19.1 Å². The van der Waals surface area contributed by atoms with Crippen molar-refractivity contribution in [2.24, 2.45) is 0 Å². The molecule has 2 rings (SSSR count). The highest BCUT2D eigenvalue weighted by molar-refractivity contribution is 9.10. The van der Waals surface area contributed by atoms with Gasteiger partial charge in [-0.2, -0.15) is 0 Å². The van der Waals surface area contributed by atoms with Crippen LogP contribution in [0.3, 0.4) is 0 Å². The molecule has 1 unspecified atom stereocenters. The molecule has 0 bridgehead atoms. The van der Waals surface area contributed by atoms with E-state index in [1.807, 2.05) is 42.5 Å². The molecule has 5 nitrogen and oxygen atoms in total. The van der Waals surface area contributed by atoms with Crippen LogP contribution in [0.1, 0.15) is 31.9 Å². The van der Waals surface area contributed by atoms with Crippen LogP contribution in [-0.4, -0.2) is 23.7 Å². The summed E-state index contributed by atoms with van der Waals surface area (Å²) in [6, 6.07) is 17.0. The molecule has 0 aliphatic carbocycles. The third kappa shape index (κ3) is 7.83. The predicted octanol–water partition coefficient (Wildman–Crippen LogP) is 4.43. The number of ether oxygens (including phenoxy) is 2. The Labute approximate surface area is 168 Å². The minimum atomic E-state index is -0.870. The number of hydrogen-bond acceptors (Lipinski definition) is 4. The molecule has 2 aromatic rings. The number of alkyl carbamates (subject to hydrolysis) is 1. The van der Waals surface area contributed by atoms with Crippen LogP contribution in [0.15, 0.2) is 53.0 Å². The first kappa shape index (κ1) is 21.0. The van der Waals surface area contributed by atoms with Gasteiger partial charge in [-0.1, -0.05) is 52.3 Å². The van der Waals surface area contributed by atoms with Crippen LogP contribution in [0.2, 0.25) is 0 Å². The van der Waals surface area contributed by atoms with Crippen molar-refractivity contribution in [3.05, 3.63) is 70.2 Å². The summed E-state index contributed by atoms with van der Waals surface area (Å²) in [5.74, 6) is -0.518. The second kappa shape index (κ2) is 9.55. The Kier molecular flexibility index (Phi) is 7.42.